The van der Waals surface area contributed by atoms with Crippen LogP contribution >= 0.6 is 11.8 Å². The smallest absolute Gasteiger partial charge is 0.316 e. The second-order valence-corrected chi connectivity index (χ2v) is 8.14. The van der Waals surface area contributed by atoms with E-state index in [0.29, 0.717) is 22.7 Å². The highest BCUT2D eigenvalue weighted by molar-refractivity contribution is 8.00. The van der Waals surface area contributed by atoms with E-state index in [0.717, 1.165) is 17.7 Å². The minimum absolute atomic E-state index is 0.0591. The average molecular weight is 427 g/mol. The number of carbonyl (C=O) groups excluding carboxylic acids is 3. The quantitative estimate of drug-likeness (QED) is 0.411. The number of carbonyl (C=O) groups is 3. The third-order valence-corrected chi connectivity index (χ3v) is 5.92. The molecule has 0 aromatic heterocycles. The maximum Gasteiger partial charge on any atom is 0.316 e. The number of nitrogens with one attached hydrogen (secondary N) is 1. The molecule has 0 radical (unpaired) electrons. The molecular weight excluding hydrogens is 406 g/mol. The van der Waals surface area contributed by atoms with Crippen molar-refractivity contribution in [2.75, 3.05) is 24.5 Å². The van der Waals surface area contributed by atoms with Crippen LogP contribution in [0.2, 0.25) is 0 Å². The van der Waals surface area contributed by atoms with Crippen LogP contribution in [0.3, 0.4) is 0 Å². The number of benzene rings is 2. The number of rotatable bonds is 7. The molecule has 30 heavy (non-hydrogen) atoms. The number of fused-ring (bicyclic) bond motifs is 2. The Hall–Kier alpha value is -3.00. The van der Waals surface area contributed by atoms with Crippen LogP contribution < -0.4 is 14.8 Å². The van der Waals surface area contributed by atoms with Crippen molar-refractivity contribution in [1.29, 1.82) is 0 Å². The zero-order valence-electron chi connectivity index (χ0n) is 16.5. The molecular formula is C22H21NO6S. The molecule has 0 bridgehead atoms. The largest absolute Gasteiger partial charge is 0.455 e. The predicted molar refractivity (Wildman–Crippen MR) is 111 cm³/mol. The van der Waals surface area contributed by atoms with Gasteiger partial charge in [0.1, 0.15) is 0 Å². The fourth-order valence-electron chi connectivity index (χ4n) is 3.49. The van der Waals surface area contributed by atoms with Crippen LogP contribution in [0.25, 0.3) is 0 Å². The molecule has 0 saturated carbocycles. The van der Waals surface area contributed by atoms with E-state index in [1.165, 1.54) is 48.4 Å². The lowest BCUT2D eigenvalue weighted by atomic mass is 10.1. The maximum absolute atomic E-state index is 12.2. The van der Waals surface area contributed by atoms with Gasteiger partial charge >= 0.3 is 5.97 Å². The summed E-state index contributed by atoms with van der Waals surface area (Å²) in [6.45, 7) is 1.02. The Bertz CT molecular complexity index is 1020. The minimum atomic E-state index is -0.535. The number of aryl methyl sites for hydroxylation is 2. The number of hydrogen-bond acceptors (Lipinski definition) is 7. The Morgan fingerprint density at radius 1 is 1.07 bits per heavy atom. The van der Waals surface area contributed by atoms with Gasteiger partial charge in [0.05, 0.1) is 11.4 Å². The molecule has 0 fully saturated rings. The van der Waals surface area contributed by atoms with Gasteiger partial charge in [0, 0.05) is 16.5 Å². The molecule has 1 N–H and O–H groups in total. The number of hydrogen-bond donors (Lipinski definition) is 1. The summed E-state index contributed by atoms with van der Waals surface area (Å²) in [6, 6.07) is 9.30. The lowest BCUT2D eigenvalue weighted by Crippen LogP contribution is -2.22. The second-order valence-electron chi connectivity index (χ2n) is 7.09. The normalized spacial score (nSPS) is 13.6. The number of ketones is 1. The first-order valence-electron chi connectivity index (χ1n) is 9.64. The third-order valence-electron chi connectivity index (χ3n) is 4.96. The fourth-order valence-corrected chi connectivity index (χ4v) is 4.25. The van der Waals surface area contributed by atoms with E-state index in [4.69, 9.17) is 14.2 Å². The van der Waals surface area contributed by atoms with Crippen molar-refractivity contribution in [2.24, 2.45) is 0 Å². The number of Topliss-reactive ketones (excluding diaryl/α,β-unsaturated/α-hetero) is 1. The average Bonchev–Trinajstić information content (AvgIpc) is 3.38. The summed E-state index contributed by atoms with van der Waals surface area (Å²) in [7, 11) is 0. The first-order chi connectivity index (χ1) is 14.5. The van der Waals surface area contributed by atoms with Crippen LogP contribution in [-0.4, -0.2) is 36.8 Å². The van der Waals surface area contributed by atoms with E-state index in [1.54, 1.807) is 0 Å². The molecule has 156 valence electrons. The Labute approximate surface area is 178 Å². The zero-order chi connectivity index (χ0) is 21.1. The van der Waals surface area contributed by atoms with Gasteiger partial charge in [-0.1, -0.05) is 6.07 Å². The molecule has 1 heterocycles. The van der Waals surface area contributed by atoms with Gasteiger partial charge in [-0.15, -0.1) is 11.8 Å². The van der Waals surface area contributed by atoms with E-state index < -0.39 is 18.5 Å². The van der Waals surface area contributed by atoms with Crippen LogP contribution in [-0.2, 0) is 27.2 Å². The Morgan fingerprint density at radius 3 is 2.63 bits per heavy atom. The van der Waals surface area contributed by atoms with Crippen LogP contribution in [0.1, 0.15) is 34.8 Å². The van der Waals surface area contributed by atoms with Crippen molar-refractivity contribution in [3.63, 3.8) is 0 Å². The Morgan fingerprint density at radius 2 is 1.83 bits per heavy atom. The van der Waals surface area contributed by atoms with Crippen LogP contribution in [0.5, 0.6) is 11.5 Å². The molecule has 8 heteroatoms. The van der Waals surface area contributed by atoms with Gasteiger partial charge in [0.2, 0.25) is 6.79 Å². The van der Waals surface area contributed by atoms with E-state index in [1.807, 2.05) is 6.07 Å². The van der Waals surface area contributed by atoms with Crippen molar-refractivity contribution in [3.8, 4) is 11.5 Å². The number of esters is 1. The van der Waals surface area contributed by atoms with E-state index in [-0.39, 0.29) is 18.3 Å². The molecule has 2 aromatic carbocycles. The highest BCUT2D eigenvalue weighted by Crippen LogP contribution is 2.37. The Kier molecular flexibility index (Phi) is 5.94. The van der Waals surface area contributed by atoms with Crippen molar-refractivity contribution < 1.29 is 28.6 Å². The van der Waals surface area contributed by atoms with Gasteiger partial charge in [0.15, 0.2) is 23.9 Å². The molecule has 0 unspecified atom stereocenters. The highest BCUT2D eigenvalue weighted by atomic mass is 32.2. The molecule has 2 aliphatic rings. The standard InChI is InChI=1S/C22H21NO6S/c1-13(24)17-8-19-20(29-12-28-19)9-18(17)23-21(25)10-27-22(26)11-30-16-6-5-14-3-2-4-15(14)7-16/h5-9H,2-4,10-12H2,1H3,(H,23,25). The van der Waals surface area contributed by atoms with Crippen molar-refractivity contribution in [1.82, 2.24) is 0 Å². The molecule has 4 rings (SSSR count). The molecule has 1 aliphatic carbocycles. The van der Waals surface area contributed by atoms with Gasteiger partial charge < -0.3 is 19.5 Å². The lowest BCUT2D eigenvalue weighted by Gasteiger charge is -2.11. The van der Waals surface area contributed by atoms with Gasteiger partial charge in [0.25, 0.3) is 5.91 Å². The summed E-state index contributed by atoms with van der Waals surface area (Å²) in [5, 5.41) is 2.60. The van der Waals surface area contributed by atoms with Crippen molar-refractivity contribution in [3.05, 3.63) is 47.0 Å². The summed E-state index contributed by atoms with van der Waals surface area (Å²) in [6.07, 6.45) is 3.37. The topological polar surface area (TPSA) is 90.9 Å². The van der Waals surface area contributed by atoms with Gasteiger partial charge in [-0.05, 0) is 55.5 Å². The summed E-state index contributed by atoms with van der Waals surface area (Å²) in [4.78, 5) is 37.1. The molecule has 2 aromatic rings. The first kappa shape index (κ1) is 20.3. The Balaban J connectivity index is 1.28. The first-order valence-corrected chi connectivity index (χ1v) is 10.6. The molecule has 0 spiro atoms. The summed E-state index contributed by atoms with van der Waals surface area (Å²) >= 11 is 1.39. The maximum atomic E-state index is 12.2. The molecule has 1 aliphatic heterocycles. The molecule has 0 saturated heterocycles. The summed E-state index contributed by atoms with van der Waals surface area (Å²) in [5.41, 5.74) is 3.32. The number of ether oxygens (including phenoxy) is 3. The fraction of sp³-hybridized carbons (Fsp3) is 0.318. The van der Waals surface area contributed by atoms with E-state index >= 15 is 0 Å². The van der Waals surface area contributed by atoms with Gasteiger partial charge in [-0.25, -0.2) is 0 Å². The summed E-state index contributed by atoms with van der Waals surface area (Å²) in [5.74, 6) is -0.229. The third kappa shape index (κ3) is 4.59. The molecule has 1 amide bonds. The predicted octanol–water partition coefficient (Wildman–Crippen LogP) is 3.38. The van der Waals surface area contributed by atoms with Crippen molar-refractivity contribution >= 4 is 35.1 Å². The highest BCUT2D eigenvalue weighted by Gasteiger charge is 2.21. The minimum Gasteiger partial charge on any atom is -0.455 e. The summed E-state index contributed by atoms with van der Waals surface area (Å²) < 4.78 is 15.6. The number of thioether (sulfide) groups is 1. The van der Waals surface area contributed by atoms with Crippen LogP contribution in [0.15, 0.2) is 35.2 Å². The zero-order valence-corrected chi connectivity index (χ0v) is 17.3. The van der Waals surface area contributed by atoms with Crippen molar-refractivity contribution in [2.45, 2.75) is 31.1 Å². The lowest BCUT2D eigenvalue weighted by molar-refractivity contribution is -0.144. The van der Waals surface area contributed by atoms with E-state index in [9.17, 15) is 14.4 Å². The van der Waals surface area contributed by atoms with Gasteiger partial charge in [-0.2, -0.15) is 0 Å². The number of amides is 1. The van der Waals surface area contributed by atoms with E-state index in [2.05, 4.69) is 17.4 Å². The number of anilines is 1. The van der Waals surface area contributed by atoms with Crippen LogP contribution in [0, 0.1) is 0 Å². The van der Waals surface area contributed by atoms with Crippen LogP contribution in [0.4, 0.5) is 5.69 Å². The molecule has 0 atom stereocenters. The second kappa shape index (κ2) is 8.79. The van der Waals surface area contributed by atoms with Gasteiger partial charge in [-0.3, -0.25) is 14.4 Å². The monoisotopic (exact) mass is 427 g/mol. The molecule has 7 nitrogen and oxygen atoms in total. The SMILES string of the molecule is CC(=O)c1cc2c(cc1NC(=O)COC(=O)CSc1ccc3c(c1)CCC3)OCO2.